The molecule has 0 fully saturated rings. The highest BCUT2D eigenvalue weighted by Gasteiger charge is 2.23. The summed E-state index contributed by atoms with van der Waals surface area (Å²) < 4.78 is 26.7. The fraction of sp³-hybridized carbons (Fsp3) is 0.176. The van der Waals surface area contributed by atoms with Crippen LogP contribution in [0.15, 0.2) is 48.5 Å². The lowest BCUT2D eigenvalue weighted by Gasteiger charge is -2.15. The van der Waals surface area contributed by atoms with Gasteiger partial charge in [0, 0.05) is 0 Å². The van der Waals surface area contributed by atoms with Crippen molar-refractivity contribution < 1.29 is 23.5 Å². The first-order valence-electron chi connectivity index (χ1n) is 7.00. The maximum atomic E-state index is 13.6. The molecule has 0 aliphatic carbocycles. The third kappa shape index (κ3) is 4.35. The van der Waals surface area contributed by atoms with E-state index >= 15 is 0 Å². The van der Waals surface area contributed by atoms with Crippen LogP contribution in [0.4, 0.5) is 8.78 Å². The number of aryl methyl sites for hydroxylation is 1. The molecule has 0 saturated heterocycles. The molecule has 0 aliphatic heterocycles. The summed E-state index contributed by atoms with van der Waals surface area (Å²) in [7, 11) is 0. The summed E-state index contributed by atoms with van der Waals surface area (Å²) in [6.45, 7) is 0. The van der Waals surface area contributed by atoms with Crippen molar-refractivity contribution in [3.8, 4) is 0 Å². The predicted octanol–water partition coefficient (Wildman–Crippen LogP) is 2.78. The lowest BCUT2D eigenvalue weighted by Crippen LogP contribution is -2.41. The van der Waals surface area contributed by atoms with Crippen molar-refractivity contribution in [3.63, 3.8) is 0 Å². The van der Waals surface area contributed by atoms with Crippen LogP contribution in [0, 0.1) is 11.6 Å². The SMILES string of the molecule is O=C(N[C@H](CCc1ccccc1)C(=O)O)c1cccc(F)c1F. The molecule has 1 amide bonds. The molecule has 1 atom stereocenters. The van der Waals surface area contributed by atoms with Crippen molar-refractivity contribution in [3.05, 3.63) is 71.3 Å². The van der Waals surface area contributed by atoms with E-state index in [1.807, 2.05) is 30.3 Å². The van der Waals surface area contributed by atoms with Gasteiger partial charge in [-0.3, -0.25) is 4.79 Å². The molecule has 0 saturated carbocycles. The first-order chi connectivity index (χ1) is 11.0. The van der Waals surface area contributed by atoms with Gasteiger partial charge in [0.15, 0.2) is 11.6 Å². The van der Waals surface area contributed by atoms with Gasteiger partial charge >= 0.3 is 5.97 Å². The number of carboxylic acids is 1. The van der Waals surface area contributed by atoms with Crippen LogP contribution >= 0.6 is 0 Å². The Morgan fingerprint density at radius 3 is 2.39 bits per heavy atom. The van der Waals surface area contributed by atoms with E-state index in [0.717, 1.165) is 17.7 Å². The molecule has 0 aromatic heterocycles. The number of hydrogen-bond acceptors (Lipinski definition) is 2. The third-order valence-corrected chi connectivity index (χ3v) is 3.36. The Morgan fingerprint density at radius 2 is 1.74 bits per heavy atom. The van der Waals surface area contributed by atoms with Crippen LogP contribution in [0.5, 0.6) is 0 Å². The molecule has 0 radical (unpaired) electrons. The number of amides is 1. The molecule has 2 N–H and O–H groups in total. The summed E-state index contributed by atoms with van der Waals surface area (Å²) in [6.07, 6.45) is 0.575. The first-order valence-corrected chi connectivity index (χ1v) is 7.00. The van der Waals surface area contributed by atoms with E-state index in [2.05, 4.69) is 5.32 Å². The van der Waals surface area contributed by atoms with Crippen LogP contribution in [0.3, 0.4) is 0 Å². The minimum Gasteiger partial charge on any atom is -0.480 e. The lowest BCUT2D eigenvalue weighted by atomic mass is 10.0. The molecule has 4 nitrogen and oxygen atoms in total. The quantitative estimate of drug-likeness (QED) is 0.860. The molecule has 120 valence electrons. The molecular formula is C17H15F2NO3. The molecule has 2 rings (SSSR count). The van der Waals surface area contributed by atoms with Crippen molar-refractivity contribution in [1.29, 1.82) is 0 Å². The van der Waals surface area contributed by atoms with E-state index in [9.17, 15) is 23.5 Å². The molecular weight excluding hydrogens is 304 g/mol. The van der Waals surface area contributed by atoms with Gasteiger partial charge in [-0.15, -0.1) is 0 Å². The minimum atomic E-state index is -1.29. The van der Waals surface area contributed by atoms with Crippen LogP contribution in [0.1, 0.15) is 22.3 Å². The van der Waals surface area contributed by atoms with E-state index in [-0.39, 0.29) is 6.42 Å². The molecule has 23 heavy (non-hydrogen) atoms. The summed E-state index contributed by atoms with van der Waals surface area (Å²) in [6, 6.07) is 11.2. The summed E-state index contributed by atoms with van der Waals surface area (Å²) in [5.41, 5.74) is 0.404. The molecule has 0 aliphatic rings. The zero-order valence-corrected chi connectivity index (χ0v) is 12.1. The monoisotopic (exact) mass is 319 g/mol. The molecule has 0 unspecified atom stereocenters. The summed E-state index contributed by atoms with van der Waals surface area (Å²) >= 11 is 0. The average molecular weight is 319 g/mol. The fourth-order valence-corrected chi connectivity index (χ4v) is 2.13. The zero-order valence-electron chi connectivity index (χ0n) is 12.1. The first kappa shape index (κ1) is 16.6. The molecule has 2 aromatic carbocycles. The Balaban J connectivity index is 2.05. The highest BCUT2D eigenvalue weighted by Crippen LogP contribution is 2.12. The van der Waals surface area contributed by atoms with Crippen LogP contribution in [-0.2, 0) is 11.2 Å². The number of benzene rings is 2. The van der Waals surface area contributed by atoms with Gasteiger partial charge in [0.25, 0.3) is 5.91 Å². The molecule has 2 aromatic rings. The molecule has 6 heteroatoms. The minimum absolute atomic E-state index is 0.141. The average Bonchev–Trinajstić information content (AvgIpc) is 2.54. The van der Waals surface area contributed by atoms with Crippen molar-refractivity contribution in [2.24, 2.45) is 0 Å². The number of nitrogens with one attached hydrogen (secondary N) is 1. The number of aliphatic carboxylic acids is 1. The van der Waals surface area contributed by atoms with Gasteiger partial charge in [0.05, 0.1) is 5.56 Å². The largest absolute Gasteiger partial charge is 0.480 e. The second-order valence-corrected chi connectivity index (χ2v) is 4.99. The van der Waals surface area contributed by atoms with Gasteiger partial charge in [-0.2, -0.15) is 0 Å². The Morgan fingerprint density at radius 1 is 1.04 bits per heavy atom. The summed E-state index contributed by atoms with van der Waals surface area (Å²) in [5, 5.41) is 11.4. The highest BCUT2D eigenvalue weighted by molar-refractivity contribution is 5.96. The van der Waals surface area contributed by atoms with Crippen LogP contribution in [-0.4, -0.2) is 23.0 Å². The van der Waals surface area contributed by atoms with E-state index in [1.165, 1.54) is 6.07 Å². The lowest BCUT2D eigenvalue weighted by molar-refractivity contribution is -0.139. The standard InChI is InChI=1S/C17H15F2NO3/c18-13-8-4-7-12(15(13)19)16(21)20-14(17(22)23)10-9-11-5-2-1-3-6-11/h1-8,14H,9-10H2,(H,20,21)(H,22,23)/t14-/m1/s1. The van der Waals surface area contributed by atoms with Crippen LogP contribution in [0.25, 0.3) is 0 Å². The molecule has 0 heterocycles. The fourth-order valence-electron chi connectivity index (χ4n) is 2.13. The zero-order chi connectivity index (χ0) is 16.8. The second-order valence-electron chi connectivity index (χ2n) is 4.99. The Labute approximate surface area is 131 Å². The van der Waals surface area contributed by atoms with Gasteiger partial charge in [-0.25, -0.2) is 13.6 Å². The number of rotatable bonds is 6. The summed E-state index contributed by atoms with van der Waals surface area (Å²) in [4.78, 5) is 23.2. The van der Waals surface area contributed by atoms with Crippen molar-refractivity contribution in [2.45, 2.75) is 18.9 Å². The highest BCUT2D eigenvalue weighted by atomic mass is 19.2. The number of halogens is 2. The van der Waals surface area contributed by atoms with Gasteiger partial charge in [0.1, 0.15) is 6.04 Å². The van der Waals surface area contributed by atoms with Crippen molar-refractivity contribution >= 4 is 11.9 Å². The van der Waals surface area contributed by atoms with E-state index in [0.29, 0.717) is 6.42 Å². The number of carboxylic acid groups (broad SMARTS) is 1. The smallest absolute Gasteiger partial charge is 0.326 e. The van der Waals surface area contributed by atoms with E-state index < -0.39 is 35.1 Å². The van der Waals surface area contributed by atoms with Crippen molar-refractivity contribution in [2.75, 3.05) is 0 Å². The van der Waals surface area contributed by atoms with Gasteiger partial charge in [-0.05, 0) is 30.5 Å². The molecule has 0 spiro atoms. The van der Waals surface area contributed by atoms with Crippen LogP contribution in [0.2, 0.25) is 0 Å². The van der Waals surface area contributed by atoms with E-state index in [1.54, 1.807) is 0 Å². The summed E-state index contributed by atoms with van der Waals surface area (Å²) in [5.74, 6) is -4.64. The number of carbonyl (C=O) groups excluding carboxylic acids is 1. The Kier molecular flexibility index (Phi) is 5.41. The predicted molar refractivity (Wildman–Crippen MR) is 80.0 cm³/mol. The number of carbonyl (C=O) groups is 2. The van der Waals surface area contributed by atoms with Gasteiger partial charge in [-0.1, -0.05) is 36.4 Å². The second kappa shape index (κ2) is 7.49. The van der Waals surface area contributed by atoms with E-state index in [4.69, 9.17) is 0 Å². The molecule has 0 bridgehead atoms. The normalized spacial score (nSPS) is 11.7. The maximum absolute atomic E-state index is 13.6. The Bertz CT molecular complexity index is 704. The third-order valence-electron chi connectivity index (χ3n) is 3.36. The maximum Gasteiger partial charge on any atom is 0.326 e. The topological polar surface area (TPSA) is 66.4 Å². The van der Waals surface area contributed by atoms with Crippen molar-refractivity contribution in [1.82, 2.24) is 5.32 Å². The van der Waals surface area contributed by atoms with Crippen LogP contribution < -0.4 is 5.32 Å². The van der Waals surface area contributed by atoms with Gasteiger partial charge < -0.3 is 10.4 Å². The number of hydrogen-bond donors (Lipinski definition) is 2. The Hall–Kier alpha value is -2.76. The van der Waals surface area contributed by atoms with Gasteiger partial charge in [0.2, 0.25) is 0 Å².